The van der Waals surface area contributed by atoms with Crippen molar-refractivity contribution in [2.24, 2.45) is 0 Å². The van der Waals surface area contributed by atoms with Gasteiger partial charge in [0.15, 0.2) is 11.3 Å². The third kappa shape index (κ3) is 3.75. The Morgan fingerprint density at radius 1 is 1.08 bits per heavy atom. The number of H-pyrrole nitrogens is 1. The summed E-state index contributed by atoms with van der Waals surface area (Å²) in [5.41, 5.74) is 2.98. The van der Waals surface area contributed by atoms with E-state index in [9.17, 15) is 0 Å². The van der Waals surface area contributed by atoms with E-state index in [4.69, 9.17) is 21.6 Å². The van der Waals surface area contributed by atoms with Crippen LogP contribution in [-0.2, 0) is 6.54 Å². The van der Waals surface area contributed by atoms with E-state index in [-0.39, 0.29) is 0 Å². The Balaban J connectivity index is 2.18. The van der Waals surface area contributed by atoms with E-state index in [1.165, 1.54) is 0 Å². The number of aromatic nitrogens is 4. The highest BCUT2D eigenvalue weighted by Crippen LogP contribution is 2.22. The van der Waals surface area contributed by atoms with Crippen LogP contribution in [0.4, 0.5) is 11.8 Å². The fraction of sp³-hybridized carbons (Fsp3) is 0.421. The topological polar surface area (TPSA) is 69.5 Å². The fourth-order valence-corrected chi connectivity index (χ4v) is 2.97. The standard InChI is InChI=1S/C19H25ClN6/c1-5-21-17-15-18(24-16(23-15)12(3)4)26(19(25-17)22-6-2)11-13-7-9-14(20)10-8-13/h7-10,12H,5-6,11H2,1-4H3,(H2,21,22,23,24,25)/p+1. The molecule has 0 radical (unpaired) electrons. The molecule has 0 unspecified atom stereocenters. The molecule has 0 spiro atoms. The van der Waals surface area contributed by atoms with Crippen LogP contribution in [0.3, 0.4) is 0 Å². The lowest BCUT2D eigenvalue weighted by Gasteiger charge is -2.10. The Labute approximate surface area is 159 Å². The van der Waals surface area contributed by atoms with Crippen molar-refractivity contribution in [2.45, 2.75) is 40.2 Å². The molecule has 7 heteroatoms. The van der Waals surface area contributed by atoms with E-state index in [0.717, 1.165) is 52.4 Å². The molecule has 0 aliphatic heterocycles. The molecule has 3 aromatic rings. The van der Waals surface area contributed by atoms with Crippen LogP contribution in [0, 0.1) is 0 Å². The van der Waals surface area contributed by atoms with Crippen LogP contribution in [-0.4, -0.2) is 28.0 Å². The second kappa shape index (κ2) is 7.91. The van der Waals surface area contributed by atoms with Gasteiger partial charge in [-0.05, 0) is 31.5 Å². The fourth-order valence-electron chi connectivity index (χ4n) is 2.85. The molecule has 138 valence electrons. The highest BCUT2D eigenvalue weighted by atomic mass is 35.5. The minimum Gasteiger partial charge on any atom is -0.358 e. The zero-order valence-corrected chi connectivity index (χ0v) is 16.5. The van der Waals surface area contributed by atoms with Crippen LogP contribution in [0.5, 0.6) is 0 Å². The molecular formula is C19H26ClN6+. The Morgan fingerprint density at radius 3 is 2.38 bits per heavy atom. The lowest BCUT2D eigenvalue weighted by Crippen LogP contribution is -2.40. The Morgan fingerprint density at radius 2 is 1.77 bits per heavy atom. The summed E-state index contributed by atoms with van der Waals surface area (Å²) in [6.45, 7) is 10.6. The number of hydrogen-bond acceptors (Lipinski definition) is 4. The van der Waals surface area contributed by atoms with Crippen molar-refractivity contribution in [3.05, 3.63) is 40.7 Å². The first-order valence-electron chi connectivity index (χ1n) is 9.09. The Bertz CT molecular complexity index is 885. The Kier molecular flexibility index (Phi) is 5.61. The lowest BCUT2D eigenvalue weighted by molar-refractivity contribution is -0.652. The molecule has 0 aliphatic rings. The average Bonchev–Trinajstić information content (AvgIpc) is 3.06. The van der Waals surface area contributed by atoms with E-state index in [1.807, 2.05) is 24.3 Å². The molecule has 26 heavy (non-hydrogen) atoms. The summed E-state index contributed by atoms with van der Waals surface area (Å²) in [5, 5.41) is 7.45. The summed E-state index contributed by atoms with van der Waals surface area (Å²) < 4.78 is 2.12. The number of halogens is 1. The van der Waals surface area contributed by atoms with Crippen LogP contribution >= 0.6 is 11.6 Å². The molecule has 6 nitrogen and oxygen atoms in total. The monoisotopic (exact) mass is 373 g/mol. The maximum atomic E-state index is 6.03. The molecule has 0 saturated heterocycles. The molecule has 0 aliphatic carbocycles. The minimum absolute atomic E-state index is 0.309. The zero-order valence-electron chi connectivity index (χ0n) is 15.7. The first-order chi connectivity index (χ1) is 12.5. The van der Waals surface area contributed by atoms with Crippen molar-refractivity contribution in [3.63, 3.8) is 0 Å². The molecule has 0 atom stereocenters. The van der Waals surface area contributed by atoms with Gasteiger partial charge >= 0.3 is 5.95 Å². The average molecular weight is 374 g/mol. The summed E-state index contributed by atoms with van der Waals surface area (Å²) in [5.74, 6) is 2.89. The van der Waals surface area contributed by atoms with Crippen LogP contribution in [0.15, 0.2) is 24.3 Å². The van der Waals surface area contributed by atoms with Gasteiger partial charge in [-0.3, -0.25) is 5.32 Å². The van der Waals surface area contributed by atoms with Gasteiger partial charge in [0.05, 0.1) is 6.54 Å². The summed E-state index contributed by atoms with van der Waals surface area (Å²) in [6, 6.07) is 7.88. The zero-order chi connectivity index (χ0) is 18.7. The van der Waals surface area contributed by atoms with Gasteiger partial charge in [-0.2, -0.15) is 0 Å². The predicted molar refractivity (Wildman–Crippen MR) is 107 cm³/mol. The van der Waals surface area contributed by atoms with Crippen molar-refractivity contribution in [1.29, 1.82) is 0 Å². The van der Waals surface area contributed by atoms with Gasteiger partial charge in [0.1, 0.15) is 0 Å². The second-order valence-electron chi connectivity index (χ2n) is 6.53. The smallest absolute Gasteiger partial charge is 0.349 e. The normalized spacial score (nSPS) is 11.3. The molecule has 0 fully saturated rings. The molecule has 0 amide bonds. The number of aromatic amines is 1. The highest BCUT2D eigenvalue weighted by Gasteiger charge is 2.24. The largest absolute Gasteiger partial charge is 0.358 e. The third-order valence-corrected chi connectivity index (χ3v) is 4.40. The van der Waals surface area contributed by atoms with E-state index in [2.05, 4.69) is 47.9 Å². The van der Waals surface area contributed by atoms with Crippen molar-refractivity contribution < 1.29 is 4.57 Å². The predicted octanol–water partition coefficient (Wildman–Crippen LogP) is 3.93. The van der Waals surface area contributed by atoms with E-state index in [1.54, 1.807) is 0 Å². The molecular weight excluding hydrogens is 348 g/mol. The van der Waals surface area contributed by atoms with E-state index >= 15 is 0 Å². The highest BCUT2D eigenvalue weighted by molar-refractivity contribution is 6.30. The van der Waals surface area contributed by atoms with Gasteiger partial charge in [0.25, 0.3) is 5.65 Å². The number of hydrogen-bond donors (Lipinski definition) is 3. The molecule has 0 bridgehead atoms. The first kappa shape index (κ1) is 18.5. The van der Waals surface area contributed by atoms with Gasteiger partial charge in [0, 0.05) is 24.0 Å². The van der Waals surface area contributed by atoms with E-state index < -0.39 is 0 Å². The summed E-state index contributed by atoms with van der Waals surface area (Å²) in [7, 11) is 0. The number of rotatable bonds is 7. The van der Waals surface area contributed by atoms with Crippen molar-refractivity contribution in [3.8, 4) is 0 Å². The van der Waals surface area contributed by atoms with Gasteiger partial charge in [-0.1, -0.05) is 42.6 Å². The lowest BCUT2D eigenvalue weighted by atomic mass is 10.2. The summed E-state index contributed by atoms with van der Waals surface area (Å²) in [6.07, 6.45) is 0. The summed E-state index contributed by atoms with van der Waals surface area (Å²) in [4.78, 5) is 13.1. The maximum Gasteiger partial charge on any atom is 0.349 e. The number of nitrogens with zero attached hydrogens (tertiary/aromatic N) is 3. The molecule has 3 N–H and O–H groups in total. The van der Waals surface area contributed by atoms with Gasteiger partial charge in [0.2, 0.25) is 5.82 Å². The third-order valence-electron chi connectivity index (χ3n) is 4.15. The van der Waals surface area contributed by atoms with Crippen LogP contribution in [0.25, 0.3) is 11.2 Å². The van der Waals surface area contributed by atoms with Gasteiger partial charge in [-0.25, -0.2) is 4.57 Å². The summed E-state index contributed by atoms with van der Waals surface area (Å²) >= 11 is 6.03. The molecule has 2 heterocycles. The van der Waals surface area contributed by atoms with Gasteiger partial charge in [-0.15, -0.1) is 4.98 Å². The number of imidazole rings is 1. The number of anilines is 2. The van der Waals surface area contributed by atoms with Crippen LogP contribution < -0.4 is 15.2 Å². The second-order valence-corrected chi connectivity index (χ2v) is 6.97. The van der Waals surface area contributed by atoms with Crippen molar-refractivity contribution >= 4 is 34.5 Å². The molecule has 1 aromatic carbocycles. The Hall–Kier alpha value is -2.34. The molecule has 0 saturated carbocycles. The number of fused-ring (bicyclic) bond motifs is 1. The van der Waals surface area contributed by atoms with E-state index in [0.29, 0.717) is 12.5 Å². The molecule has 3 rings (SSSR count). The quantitative estimate of drug-likeness (QED) is 0.549. The maximum absolute atomic E-state index is 6.03. The SMILES string of the molecule is CCNc1nc(NCC)[n+](Cc2ccc(Cl)cc2)c2nc(C(C)C)[nH]c12. The van der Waals surface area contributed by atoms with Crippen LogP contribution in [0.1, 0.15) is 45.0 Å². The first-order valence-corrected chi connectivity index (χ1v) is 9.46. The van der Waals surface area contributed by atoms with Crippen molar-refractivity contribution in [2.75, 3.05) is 23.7 Å². The van der Waals surface area contributed by atoms with Crippen LogP contribution in [0.2, 0.25) is 5.02 Å². The minimum atomic E-state index is 0.309. The molecule has 2 aromatic heterocycles. The van der Waals surface area contributed by atoms with Gasteiger partial charge < -0.3 is 10.3 Å². The number of benzene rings is 1. The van der Waals surface area contributed by atoms with Crippen molar-refractivity contribution in [1.82, 2.24) is 15.0 Å². The number of nitrogens with one attached hydrogen (secondary N) is 3.